The lowest BCUT2D eigenvalue weighted by molar-refractivity contribution is -0.127. The summed E-state index contributed by atoms with van der Waals surface area (Å²) in [6.07, 6.45) is 4.47. The molecule has 0 unspecified atom stereocenters. The maximum atomic E-state index is 12.9. The summed E-state index contributed by atoms with van der Waals surface area (Å²) < 4.78 is 5.23. The highest BCUT2D eigenvalue weighted by molar-refractivity contribution is 7.80. The predicted octanol–water partition coefficient (Wildman–Crippen LogP) is 3.01. The van der Waals surface area contributed by atoms with Crippen LogP contribution in [0.1, 0.15) is 5.76 Å². The molecule has 5 nitrogen and oxygen atoms in total. The SMILES string of the molecule is C=CCN1C(=O)/C(=C\c2ccco2)C(=O)N(c2ccccc2)C1=S. The molecule has 2 amide bonds. The van der Waals surface area contributed by atoms with E-state index in [4.69, 9.17) is 16.6 Å². The first-order chi connectivity index (χ1) is 11.6. The number of benzene rings is 1. The second kappa shape index (κ2) is 6.64. The molecule has 1 aromatic carbocycles. The Hall–Kier alpha value is -2.99. The van der Waals surface area contributed by atoms with Gasteiger partial charge in [0.2, 0.25) is 0 Å². The van der Waals surface area contributed by atoms with E-state index in [1.807, 2.05) is 6.07 Å². The van der Waals surface area contributed by atoms with E-state index < -0.39 is 11.8 Å². The number of furan rings is 1. The molecule has 0 N–H and O–H groups in total. The summed E-state index contributed by atoms with van der Waals surface area (Å²) in [5.74, 6) is -0.521. The summed E-state index contributed by atoms with van der Waals surface area (Å²) >= 11 is 5.36. The van der Waals surface area contributed by atoms with E-state index in [-0.39, 0.29) is 17.2 Å². The molecular weight excluding hydrogens is 324 g/mol. The lowest BCUT2D eigenvalue weighted by Gasteiger charge is -2.36. The number of thiocarbonyl (C=S) groups is 1. The van der Waals surface area contributed by atoms with Crippen LogP contribution in [0.25, 0.3) is 6.08 Å². The smallest absolute Gasteiger partial charge is 0.270 e. The quantitative estimate of drug-likeness (QED) is 0.372. The topological polar surface area (TPSA) is 53.8 Å². The highest BCUT2D eigenvalue weighted by Gasteiger charge is 2.39. The maximum Gasteiger partial charge on any atom is 0.270 e. The molecule has 3 rings (SSSR count). The second-order valence-corrected chi connectivity index (χ2v) is 5.40. The van der Waals surface area contributed by atoms with Crippen molar-refractivity contribution in [3.8, 4) is 0 Å². The van der Waals surface area contributed by atoms with Crippen molar-refractivity contribution in [3.05, 3.63) is 72.7 Å². The van der Waals surface area contributed by atoms with E-state index in [0.717, 1.165) is 0 Å². The molecule has 1 aliphatic rings. The number of hydrogen-bond acceptors (Lipinski definition) is 4. The first kappa shape index (κ1) is 15.9. The van der Waals surface area contributed by atoms with Gasteiger partial charge >= 0.3 is 0 Å². The average Bonchev–Trinajstić information content (AvgIpc) is 3.10. The third kappa shape index (κ3) is 2.79. The molecule has 24 heavy (non-hydrogen) atoms. The molecule has 1 saturated heterocycles. The van der Waals surface area contributed by atoms with Crippen molar-refractivity contribution in [2.24, 2.45) is 0 Å². The molecule has 120 valence electrons. The second-order valence-electron chi connectivity index (χ2n) is 5.04. The van der Waals surface area contributed by atoms with Crippen molar-refractivity contribution < 1.29 is 14.0 Å². The summed E-state index contributed by atoms with van der Waals surface area (Å²) in [6, 6.07) is 12.3. The molecule has 1 aromatic heterocycles. The lowest BCUT2D eigenvalue weighted by Crippen LogP contribution is -2.56. The van der Waals surface area contributed by atoms with Crippen LogP contribution in [0.5, 0.6) is 0 Å². The van der Waals surface area contributed by atoms with Crippen molar-refractivity contribution in [1.82, 2.24) is 4.90 Å². The molecule has 0 spiro atoms. The lowest BCUT2D eigenvalue weighted by atomic mass is 10.1. The molecule has 0 bridgehead atoms. The van der Waals surface area contributed by atoms with E-state index in [0.29, 0.717) is 11.4 Å². The van der Waals surface area contributed by atoms with Gasteiger partial charge in [-0.3, -0.25) is 19.4 Å². The summed E-state index contributed by atoms with van der Waals surface area (Å²) in [5.41, 5.74) is 0.587. The van der Waals surface area contributed by atoms with Crippen LogP contribution in [0.2, 0.25) is 0 Å². The Bertz CT molecular complexity index is 825. The number of carbonyl (C=O) groups excluding carboxylic acids is 2. The van der Waals surface area contributed by atoms with Crippen LogP contribution in [0, 0.1) is 0 Å². The molecule has 0 radical (unpaired) electrons. The number of rotatable bonds is 4. The molecule has 2 aromatic rings. The van der Waals surface area contributed by atoms with Gasteiger partial charge in [0.25, 0.3) is 11.8 Å². The van der Waals surface area contributed by atoms with Crippen LogP contribution < -0.4 is 4.90 Å². The first-order valence-electron chi connectivity index (χ1n) is 7.25. The zero-order valence-electron chi connectivity index (χ0n) is 12.7. The minimum atomic E-state index is -0.479. The van der Waals surface area contributed by atoms with Gasteiger partial charge in [0.05, 0.1) is 12.0 Å². The highest BCUT2D eigenvalue weighted by Crippen LogP contribution is 2.26. The van der Waals surface area contributed by atoms with Crippen LogP contribution in [0.4, 0.5) is 5.69 Å². The van der Waals surface area contributed by atoms with Gasteiger partial charge in [0, 0.05) is 6.54 Å². The minimum Gasteiger partial charge on any atom is -0.465 e. The van der Waals surface area contributed by atoms with E-state index in [1.54, 1.807) is 42.5 Å². The van der Waals surface area contributed by atoms with Crippen LogP contribution in [0.3, 0.4) is 0 Å². The third-order valence-electron chi connectivity index (χ3n) is 3.49. The van der Waals surface area contributed by atoms with E-state index in [1.165, 1.54) is 22.1 Å². The minimum absolute atomic E-state index is 0.00995. The van der Waals surface area contributed by atoms with Crippen molar-refractivity contribution in [2.75, 3.05) is 11.4 Å². The Morgan fingerprint density at radius 1 is 1.08 bits per heavy atom. The first-order valence-corrected chi connectivity index (χ1v) is 7.65. The van der Waals surface area contributed by atoms with Crippen LogP contribution >= 0.6 is 12.2 Å². The Balaban J connectivity index is 2.09. The Morgan fingerprint density at radius 2 is 1.83 bits per heavy atom. The van der Waals surface area contributed by atoms with Crippen molar-refractivity contribution in [3.63, 3.8) is 0 Å². The summed E-state index contributed by atoms with van der Waals surface area (Å²) in [7, 11) is 0. The van der Waals surface area contributed by atoms with Crippen molar-refractivity contribution in [1.29, 1.82) is 0 Å². The molecular formula is C18H14N2O3S. The predicted molar refractivity (Wildman–Crippen MR) is 95.1 cm³/mol. The maximum absolute atomic E-state index is 12.9. The summed E-state index contributed by atoms with van der Waals surface area (Å²) in [4.78, 5) is 28.2. The number of carbonyl (C=O) groups is 2. The van der Waals surface area contributed by atoms with E-state index in [2.05, 4.69) is 6.58 Å². The van der Waals surface area contributed by atoms with Gasteiger partial charge in [-0.25, -0.2) is 0 Å². The fourth-order valence-corrected chi connectivity index (χ4v) is 2.73. The Labute approximate surface area is 144 Å². The number of amides is 2. The van der Waals surface area contributed by atoms with Gasteiger partial charge < -0.3 is 4.42 Å². The van der Waals surface area contributed by atoms with E-state index >= 15 is 0 Å². The third-order valence-corrected chi connectivity index (χ3v) is 3.89. The molecule has 2 heterocycles. The molecule has 1 aliphatic heterocycles. The van der Waals surface area contributed by atoms with Crippen LogP contribution in [0.15, 0.2) is 71.4 Å². The Morgan fingerprint density at radius 3 is 2.46 bits per heavy atom. The number of nitrogens with zero attached hydrogens (tertiary/aromatic N) is 2. The zero-order valence-corrected chi connectivity index (χ0v) is 13.5. The largest absolute Gasteiger partial charge is 0.465 e. The molecule has 0 saturated carbocycles. The van der Waals surface area contributed by atoms with Gasteiger partial charge in [-0.1, -0.05) is 24.3 Å². The molecule has 6 heteroatoms. The molecule has 0 aliphatic carbocycles. The molecule has 1 fully saturated rings. The normalized spacial score (nSPS) is 16.8. The number of para-hydroxylation sites is 1. The standard InChI is InChI=1S/C18H14N2O3S/c1-2-10-19-16(21)15(12-14-9-6-11-23-14)17(22)20(18(19)24)13-7-4-3-5-8-13/h2-9,11-12H,1,10H2/b15-12+. The Kier molecular flexibility index (Phi) is 4.39. The van der Waals surface area contributed by atoms with Gasteiger partial charge in [-0.05, 0) is 42.6 Å². The zero-order chi connectivity index (χ0) is 17.1. The van der Waals surface area contributed by atoms with Gasteiger partial charge in [0.1, 0.15) is 11.3 Å². The van der Waals surface area contributed by atoms with Crippen LogP contribution in [-0.4, -0.2) is 28.4 Å². The van der Waals surface area contributed by atoms with Crippen LogP contribution in [-0.2, 0) is 9.59 Å². The number of hydrogen-bond donors (Lipinski definition) is 0. The average molecular weight is 338 g/mol. The van der Waals surface area contributed by atoms with Gasteiger partial charge in [-0.15, -0.1) is 6.58 Å². The van der Waals surface area contributed by atoms with Gasteiger partial charge in [0.15, 0.2) is 5.11 Å². The fraction of sp³-hybridized carbons (Fsp3) is 0.0556. The van der Waals surface area contributed by atoms with E-state index in [9.17, 15) is 9.59 Å². The van der Waals surface area contributed by atoms with Crippen molar-refractivity contribution in [2.45, 2.75) is 0 Å². The van der Waals surface area contributed by atoms with Crippen molar-refractivity contribution >= 4 is 40.9 Å². The molecule has 0 atom stereocenters. The van der Waals surface area contributed by atoms with Gasteiger partial charge in [-0.2, -0.15) is 0 Å². The highest BCUT2D eigenvalue weighted by atomic mass is 32.1. The number of anilines is 1. The summed E-state index contributed by atoms with van der Waals surface area (Å²) in [5, 5.41) is 0.132. The fourth-order valence-electron chi connectivity index (χ4n) is 2.39. The monoisotopic (exact) mass is 338 g/mol. The summed E-state index contributed by atoms with van der Waals surface area (Å²) in [6.45, 7) is 3.86.